The van der Waals surface area contributed by atoms with E-state index >= 15 is 0 Å². The first-order chi connectivity index (χ1) is 12.0. The average Bonchev–Trinajstić information content (AvgIpc) is 2.53. The summed E-state index contributed by atoms with van der Waals surface area (Å²) in [6.07, 6.45) is -4.32. The van der Waals surface area contributed by atoms with Gasteiger partial charge in [-0.1, -0.05) is 6.07 Å². The molecule has 136 valence electrons. The van der Waals surface area contributed by atoms with E-state index in [1.165, 1.54) is 30.3 Å². The first-order valence-corrected chi connectivity index (χ1v) is 7.90. The van der Waals surface area contributed by atoms with Crippen molar-refractivity contribution in [1.82, 2.24) is 0 Å². The van der Waals surface area contributed by atoms with Gasteiger partial charge in [-0.25, -0.2) is 0 Å². The second kappa shape index (κ2) is 6.16. The summed E-state index contributed by atoms with van der Waals surface area (Å²) in [6.45, 7) is 3.59. The van der Waals surface area contributed by atoms with Crippen LogP contribution in [0.2, 0.25) is 0 Å². The van der Waals surface area contributed by atoms with Crippen LogP contribution in [-0.4, -0.2) is 17.3 Å². The lowest BCUT2D eigenvalue weighted by molar-refractivity contribution is -0.137. The van der Waals surface area contributed by atoms with E-state index in [1.54, 1.807) is 13.8 Å². The molecule has 1 aliphatic heterocycles. The maximum atomic E-state index is 12.8. The quantitative estimate of drug-likeness (QED) is 0.841. The Kier molecular flexibility index (Phi) is 4.26. The summed E-state index contributed by atoms with van der Waals surface area (Å²) in [5.41, 5.74) is -0.997. The Morgan fingerprint density at radius 2 is 1.88 bits per heavy atom. The standard InChI is InChI=1S/C19H16F3NO3/c1-18(2)10-15(24)14-8-11(6-7-16(14)26-18)17(25)23-13-5-3-4-12(9-13)19(20,21)22/h3-9H,10H2,1-2H3,(H,23,25). The van der Waals surface area contributed by atoms with Gasteiger partial charge < -0.3 is 10.1 Å². The number of benzene rings is 2. The van der Waals surface area contributed by atoms with Crippen LogP contribution >= 0.6 is 0 Å². The molecule has 0 fully saturated rings. The van der Waals surface area contributed by atoms with Crippen molar-refractivity contribution in [2.24, 2.45) is 0 Å². The average molecular weight is 363 g/mol. The molecular weight excluding hydrogens is 347 g/mol. The fourth-order valence-electron chi connectivity index (χ4n) is 2.77. The zero-order valence-corrected chi connectivity index (χ0v) is 14.1. The van der Waals surface area contributed by atoms with Crippen LogP contribution in [0.15, 0.2) is 42.5 Å². The normalized spacial score (nSPS) is 15.8. The fourth-order valence-corrected chi connectivity index (χ4v) is 2.77. The highest BCUT2D eigenvalue weighted by molar-refractivity contribution is 6.07. The number of halogens is 3. The van der Waals surface area contributed by atoms with Gasteiger partial charge >= 0.3 is 6.18 Å². The molecule has 1 N–H and O–H groups in total. The number of rotatable bonds is 2. The molecule has 0 aromatic heterocycles. The molecule has 0 saturated carbocycles. The lowest BCUT2D eigenvalue weighted by Gasteiger charge is -2.31. The minimum atomic E-state index is -4.50. The monoisotopic (exact) mass is 363 g/mol. The summed E-state index contributed by atoms with van der Waals surface area (Å²) < 4.78 is 44.0. The molecule has 0 aliphatic carbocycles. The lowest BCUT2D eigenvalue weighted by Crippen LogP contribution is -2.36. The van der Waals surface area contributed by atoms with E-state index in [9.17, 15) is 22.8 Å². The number of ether oxygens (including phenoxy) is 1. The van der Waals surface area contributed by atoms with Crippen LogP contribution in [0.4, 0.5) is 18.9 Å². The molecule has 2 aromatic carbocycles. The number of anilines is 1. The minimum absolute atomic E-state index is 0.0197. The molecule has 0 atom stereocenters. The summed E-state index contributed by atoms with van der Waals surface area (Å²) >= 11 is 0. The largest absolute Gasteiger partial charge is 0.487 e. The van der Waals surface area contributed by atoms with Crippen molar-refractivity contribution in [1.29, 1.82) is 0 Å². The van der Waals surface area contributed by atoms with Crippen LogP contribution < -0.4 is 10.1 Å². The van der Waals surface area contributed by atoms with E-state index in [1.807, 2.05) is 0 Å². The predicted octanol–water partition coefficient (Wildman–Crippen LogP) is 4.70. The van der Waals surface area contributed by atoms with Gasteiger partial charge in [0.1, 0.15) is 11.4 Å². The molecule has 0 saturated heterocycles. The Balaban J connectivity index is 1.84. The maximum Gasteiger partial charge on any atom is 0.416 e. The molecule has 2 aromatic rings. The number of hydrogen-bond acceptors (Lipinski definition) is 3. The Morgan fingerprint density at radius 3 is 2.58 bits per heavy atom. The predicted molar refractivity (Wildman–Crippen MR) is 89.5 cm³/mol. The van der Waals surface area contributed by atoms with Crippen LogP contribution in [0.5, 0.6) is 5.75 Å². The van der Waals surface area contributed by atoms with E-state index in [2.05, 4.69) is 5.32 Å². The molecule has 3 rings (SSSR count). The minimum Gasteiger partial charge on any atom is -0.487 e. The first kappa shape index (κ1) is 18.0. The number of carbonyl (C=O) groups excluding carboxylic acids is 2. The lowest BCUT2D eigenvalue weighted by atomic mass is 9.92. The summed E-state index contributed by atoms with van der Waals surface area (Å²) in [6, 6.07) is 8.74. The molecule has 0 unspecified atom stereocenters. The zero-order chi connectivity index (χ0) is 19.1. The highest BCUT2D eigenvalue weighted by Gasteiger charge is 2.33. The van der Waals surface area contributed by atoms with Gasteiger partial charge in [0, 0.05) is 11.3 Å². The summed E-state index contributed by atoms with van der Waals surface area (Å²) in [4.78, 5) is 24.6. The third kappa shape index (κ3) is 3.71. The summed E-state index contributed by atoms with van der Waals surface area (Å²) in [7, 11) is 0. The van der Waals surface area contributed by atoms with Gasteiger partial charge in [-0.15, -0.1) is 0 Å². The van der Waals surface area contributed by atoms with Gasteiger partial charge in [0.25, 0.3) is 5.91 Å². The third-order valence-electron chi connectivity index (χ3n) is 3.96. The number of alkyl halides is 3. The molecule has 1 heterocycles. The van der Waals surface area contributed by atoms with E-state index < -0.39 is 23.2 Å². The highest BCUT2D eigenvalue weighted by Crippen LogP contribution is 2.34. The number of carbonyl (C=O) groups is 2. The first-order valence-electron chi connectivity index (χ1n) is 7.90. The Hall–Kier alpha value is -2.83. The third-order valence-corrected chi connectivity index (χ3v) is 3.96. The fraction of sp³-hybridized carbons (Fsp3) is 0.263. The molecule has 26 heavy (non-hydrogen) atoms. The summed E-state index contributed by atoms with van der Waals surface area (Å²) in [5, 5.41) is 2.42. The molecular formula is C19H16F3NO3. The van der Waals surface area contributed by atoms with Gasteiger partial charge in [0.05, 0.1) is 17.5 Å². The van der Waals surface area contributed by atoms with Crippen LogP contribution in [0.25, 0.3) is 0 Å². The van der Waals surface area contributed by atoms with Crippen LogP contribution in [-0.2, 0) is 6.18 Å². The van der Waals surface area contributed by atoms with Gasteiger partial charge in [0.15, 0.2) is 5.78 Å². The molecule has 4 nitrogen and oxygen atoms in total. The van der Waals surface area contributed by atoms with E-state index in [0.717, 1.165) is 12.1 Å². The zero-order valence-electron chi connectivity index (χ0n) is 14.1. The van der Waals surface area contributed by atoms with Crippen molar-refractivity contribution in [3.63, 3.8) is 0 Å². The SMILES string of the molecule is CC1(C)CC(=O)c2cc(C(=O)Nc3cccc(C(F)(F)F)c3)ccc2O1. The van der Waals surface area contributed by atoms with Crippen molar-refractivity contribution >= 4 is 17.4 Å². The number of nitrogens with one attached hydrogen (secondary N) is 1. The number of fused-ring (bicyclic) bond motifs is 1. The maximum absolute atomic E-state index is 12.8. The summed E-state index contributed by atoms with van der Waals surface area (Å²) in [5.74, 6) is -0.364. The Bertz CT molecular complexity index is 888. The van der Waals surface area contributed by atoms with Gasteiger partial charge in [-0.2, -0.15) is 13.2 Å². The van der Waals surface area contributed by atoms with Crippen molar-refractivity contribution < 1.29 is 27.5 Å². The van der Waals surface area contributed by atoms with Crippen molar-refractivity contribution in [2.75, 3.05) is 5.32 Å². The molecule has 0 spiro atoms. The van der Waals surface area contributed by atoms with Crippen LogP contribution in [0.3, 0.4) is 0 Å². The number of Topliss-reactive ketones (excluding diaryl/α,β-unsaturated/α-hetero) is 1. The molecule has 7 heteroatoms. The number of hydrogen-bond donors (Lipinski definition) is 1. The Morgan fingerprint density at radius 1 is 1.15 bits per heavy atom. The molecule has 0 radical (unpaired) electrons. The molecule has 1 aliphatic rings. The highest BCUT2D eigenvalue weighted by atomic mass is 19.4. The second-order valence-corrected chi connectivity index (χ2v) is 6.71. The smallest absolute Gasteiger partial charge is 0.416 e. The van der Waals surface area contributed by atoms with Crippen LogP contribution in [0.1, 0.15) is 46.5 Å². The van der Waals surface area contributed by atoms with Gasteiger partial charge in [-0.05, 0) is 50.2 Å². The topological polar surface area (TPSA) is 55.4 Å². The van der Waals surface area contributed by atoms with Crippen LogP contribution in [0, 0.1) is 0 Å². The van der Waals surface area contributed by atoms with Crippen molar-refractivity contribution in [3.8, 4) is 5.75 Å². The van der Waals surface area contributed by atoms with E-state index in [-0.39, 0.29) is 23.5 Å². The van der Waals surface area contributed by atoms with Crippen molar-refractivity contribution in [2.45, 2.75) is 32.0 Å². The molecule has 1 amide bonds. The van der Waals surface area contributed by atoms with E-state index in [4.69, 9.17) is 4.74 Å². The molecule has 0 bridgehead atoms. The van der Waals surface area contributed by atoms with Crippen molar-refractivity contribution in [3.05, 3.63) is 59.2 Å². The Labute approximate surface area is 148 Å². The van der Waals surface area contributed by atoms with Gasteiger partial charge in [0.2, 0.25) is 0 Å². The van der Waals surface area contributed by atoms with Gasteiger partial charge in [-0.3, -0.25) is 9.59 Å². The number of ketones is 1. The second-order valence-electron chi connectivity index (χ2n) is 6.71. The number of amides is 1. The van der Waals surface area contributed by atoms with E-state index in [0.29, 0.717) is 11.3 Å².